The largest absolute Gasteiger partial charge is 0.494 e. The van der Waals surface area contributed by atoms with Gasteiger partial charge in [-0.15, -0.1) is 0 Å². The van der Waals surface area contributed by atoms with Crippen LogP contribution in [0.15, 0.2) is 43.2 Å². The number of aromatic nitrogens is 4. The molecule has 1 amide bonds. The minimum Gasteiger partial charge on any atom is -0.494 e. The monoisotopic (exact) mass is 522 g/mol. The third-order valence-electron chi connectivity index (χ3n) is 6.54. The van der Waals surface area contributed by atoms with E-state index in [9.17, 15) is 9.18 Å². The fraction of sp³-hybridized carbons (Fsp3) is 0.385. The van der Waals surface area contributed by atoms with Crippen LogP contribution in [0.5, 0.6) is 5.75 Å². The second-order valence-corrected chi connectivity index (χ2v) is 9.20. The van der Waals surface area contributed by atoms with Crippen molar-refractivity contribution in [1.82, 2.24) is 24.6 Å². The van der Waals surface area contributed by atoms with Crippen LogP contribution in [0.25, 0.3) is 5.82 Å². The second kappa shape index (κ2) is 11.2. The predicted molar refractivity (Wildman–Crippen MR) is 142 cm³/mol. The number of nitrogens with one attached hydrogen (secondary N) is 2. The number of carbonyl (C=O) groups is 1. The molecule has 38 heavy (non-hydrogen) atoms. The molecule has 2 aliphatic rings. The maximum absolute atomic E-state index is 13.2. The molecule has 2 fully saturated rings. The van der Waals surface area contributed by atoms with E-state index in [1.165, 1.54) is 6.08 Å². The highest BCUT2D eigenvalue weighted by Gasteiger charge is 2.27. The molecule has 0 unspecified atom stereocenters. The van der Waals surface area contributed by atoms with E-state index in [2.05, 4.69) is 37.2 Å². The van der Waals surface area contributed by atoms with Crippen molar-refractivity contribution in [3.05, 3.63) is 54.5 Å². The second-order valence-electron chi connectivity index (χ2n) is 9.20. The summed E-state index contributed by atoms with van der Waals surface area (Å²) in [6.07, 6.45) is 4.03. The molecule has 0 saturated carbocycles. The van der Waals surface area contributed by atoms with Crippen molar-refractivity contribution in [2.24, 2.45) is 0 Å². The lowest BCUT2D eigenvalue weighted by Crippen LogP contribution is -2.47. The number of alkyl halides is 1. The Balaban J connectivity index is 1.41. The number of morpholine rings is 1. The summed E-state index contributed by atoms with van der Waals surface area (Å²) in [7, 11) is 1.58. The molecule has 3 aromatic rings. The minimum absolute atomic E-state index is 0.320. The summed E-state index contributed by atoms with van der Waals surface area (Å²) in [5.41, 5.74) is 3.89. The summed E-state index contributed by atoms with van der Waals surface area (Å²) in [4.78, 5) is 25.4. The number of likely N-dealkylation sites (tertiary alicyclic amines) is 1. The van der Waals surface area contributed by atoms with Gasteiger partial charge in [-0.2, -0.15) is 10.1 Å². The Morgan fingerprint density at radius 1 is 1.29 bits per heavy atom. The molecule has 1 aromatic carbocycles. The first-order valence-electron chi connectivity index (χ1n) is 12.4. The first-order chi connectivity index (χ1) is 18.4. The Hall–Kier alpha value is -4.03. The van der Waals surface area contributed by atoms with E-state index in [-0.39, 0.29) is 5.91 Å². The fourth-order valence-electron chi connectivity index (χ4n) is 4.49. The smallest absolute Gasteiger partial charge is 0.247 e. The van der Waals surface area contributed by atoms with Gasteiger partial charge in [-0.05, 0) is 19.1 Å². The number of hydrogen-bond donors (Lipinski definition) is 2. The number of rotatable bonds is 9. The maximum atomic E-state index is 13.2. The van der Waals surface area contributed by atoms with Gasteiger partial charge < -0.3 is 25.0 Å². The Labute approximate surface area is 220 Å². The Bertz CT molecular complexity index is 1320. The topological polar surface area (TPSA) is 110 Å². The van der Waals surface area contributed by atoms with Crippen LogP contribution in [0.4, 0.5) is 27.4 Å². The molecular formula is C26H31FN8O3. The third kappa shape index (κ3) is 5.60. The predicted octanol–water partition coefficient (Wildman–Crippen LogP) is 2.84. The van der Waals surface area contributed by atoms with E-state index >= 15 is 0 Å². The SMILES string of the molecule is C=CC(=O)Nc1cc(Nc2nccc(-n3cc(CN4CC(F)C4)c(C)n3)n2)c(OC)cc1N1CCOCC1. The van der Waals surface area contributed by atoms with Gasteiger partial charge in [0.15, 0.2) is 5.82 Å². The lowest BCUT2D eigenvalue weighted by atomic mass is 10.1. The highest BCUT2D eigenvalue weighted by molar-refractivity contribution is 6.02. The van der Waals surface area contributed by atoms with E-state index in [1.54, 1.807) is 30.1 Å². The van der Waals surface area contributed by atoms with Crippen molar-refractivity contribution in [2.75, 3.05) is 62.0 Å². The maximum Gasteiger partial charge on any atom is 0.247 e. The number of aryl methyl sites for hydroxylation is 1. The van der Waals surface area contributed by atoms with Gasteiger partial charge in [-0.1, -0.05) is 6.58 Å². The van der Waals surface area contributed by atoms with E-state index in [0.717, 1.165) is 16.9 Å². The minimum atomic E-state index is -0.744. The van der Waals surface area contributed by atoms with Crippen LogP contribution in [-0.2, 0) is 16.1 Å². The zero-order valence-electron chi connectivity index (χ0n) is 21.5. The number of carbonyl (C=O) groups excluding carboxylic acids is 1. The molecule has 5 rings (SSSR count). The van der Waals surface area contributed by atoms with Gasteiger partial charge in [0.1, 0.15) is 11.9 Å². The molecule has 0 atom stereocenters. The van der Waals surface area contributed by atoms with Gasteiger partial charge in [-0.3, -0.25) is 9.69 Å². The Kier molecular flexibility index (Phi) is 7.52. The zero-order chi connectivity index (χ0) is 26.6. The lowest BCUT2D eigenvalue weighted by Gasteiger charge is -2.33. The van der Waals surface area contributed by atoms with Gasteiger partial charge >= 0.3 is 0 Å². The van der Waals surface area contributed by atoms with Crippen molar-refractivity contribution in [2.45, 2.75) is 19.6 Å². The molecule has 11 nitrogen and oxygen atoms in total. The molecule has 0 bridgehead atoms. The summed E-state index contributed by atoms with van der Waals surface area (Å²) in [5, 5.41) is 10.7. The quantitative estimate of drug-likeness (QED) is 0.410. The van der Waals surface area contributed by atoms with Crippen molar-refractivity contribution < 1.29 is 18.7 Å². The van der Waals surface area contributed by atoms with E-state index in [0.29, 0.717) is 74.8 Å². The van der Waals surface area contributed by atoms with Crippen LogP contribution in [0.1, 0.15) is 11.3 Å². The van der Waals surface area contributed by atoms with E-state index in [1.807, 2.05) is 24.1 Å². The number of hydrogen-bond acceptors (Lipinski definition) is 9. The number of amides is 1. The first-order valence-corrected chi connectivity index (χ1v) is 12.4. The summed E-state index contributed by atoms with van der Waals surface area (Å²) in [5.74, 6) is 1.15. The molecule has 2 aliphatic heterocycles. The number of nitrogens with zero attached hydrogens (tertiary/aromatic N) is 6. The van der Waals surface area contributed by atoms with Gasteiger partial charge in [-0.25, -0.2) is 14.1 Å². The van der Waals surface area contributed by atoms with Gasteiger partial charge in [0.05, 0.1) is 43.1 Å². The van der Waals surface area contributed by atoms with Crippen LogP contribution < -0.4 is 20.3 Å². The van der Waals surface area contributed by atoms with Gasteiger partial charge in [0.2, 0.25) is 11.9 Å². The fourth-order valence-corrected chi connectivity index (χ4v) is 4.49. The Morgan fingerprint density at radius 3 is 2.79 bits per heavy atom. The molecular weight excluding hydrogens is 491 g/mol. The molecule has 2 aromatic heterocycles. The molecule has 2 N–H and O–H groups in total. The van der Waals surface area contributed by atoms with Gasteiger partial charge in [0, 0.05) is 62.8 Å². The third-order valence-corrected chi connectivity index (χ3v) is 6.54. The highest BCUT2D eigenvalue weighted by Crippen LogP contribution is 2.38. The summed E-state index contributed by atoms with van der Waals surface area (Å²) >= 11 is 0. The van der Waals surface area contributed by atoms with Crippen LogP contribution in [0.3, 0.4) is 0 Å². The standard InChI is InChI=1S/C26H31FN8O3/c1-4-25(36)29-20-11-21(23(37-3)12-22(20)34-7-9-38-10-8-34)30-26-28-6-5-24(31-26)35-14-18(17(2)32-35)13-33-15-19(27)16-33/h4-6,11-12,14,19H,1,7-10,13,15-16H2,2-3H3,(H,29,36)(H,28,30,31). The van der Waals surface area contributed by atoms with Crippen LogP contribution in [0, 0.1) is 6.92 Å². The number of benzene rings is 1. The number of methoxy groups -OCH3 is 1. The number of ether oxygens (including phenoxy) is 2. The molecule has 200 valence electrons. The lowest BCUT2D eigenvalue weighted by molar-refractivity contribution is -0.111. The average molecular weight is 523 g/mol. The number of anilines is 4. The zero-order valence-corrected chi connectivity index (χ0v) is 21.5. The molecule has 0 aliphatic carbocycles. The highest BCUT2D eigenvalue weighted by atomic mass is 19.1. The van der Waals surface area contributed by atoms with Crippen molar-refractivity contribution in [3.63, 3.8) is 0 Å². The molecule has 0 spiro atoms. The first kappa shape index (κ1) is 25.6. The molecule has 12 heteroatoms. The van der Waals surface area contributed by atoms with Crippen molar-refractivity contribution in [1.29, 1.82) is 0 Å². The summed E-state index contributed by atoms with van der Waals surface area (Å²) in [6, 6.07) is 5.43. The number of halogens is 1. The van der Waals surface area contributed by atoms with Crippen molar-refractivity contribution in [3.8, 4) is 11.6 Å². The van der Waals surface area contributed by atoms with Crippen LogP contribution in [-0.4, -0.2) is 83.2 Å². The van der Waals surface area contributed by atoms with Crippen molar-refractivity contribution >= 4 is 28.9 Å². The molecule has 2 saturated heterocycles. The van der Waals surface area contributed by atoms with E-state index < -0.39 is 6.17 Å². The molecule has 0 radical (unpaired) electrons. The Morgan fingerprint density at radius 2 is 2.08 bits per heavy atom. The molecule has 4 heterocycles. The van der Waals surface area contributed by atoms with Crippen LogP contribution >= 0.6 is 0 Å². The van der Waals surface area contributed by atoms with Crippen LogP contribution in [0.2, 0.25) is 0 Å². The summed E-state index contributed by atoms with van der Waals surface area (Å²) in [6.45, 7) is 9.62. The average Bonchev–Trinajstić information content (AvgIpc) is 3.28. The summed E-state index contributed by atoms with van der Waals surface area (Å²) < 4.78 is 26.1. The van der Waals surface area contributed by atoms with Gasteiger partial charge in [0.25, 0.3) is 0 Å². The normalized spacial score (nSPS) is 16.1. The van der Waals surface area contributed by atoms with E-state index in [4.69, 9.17) is 9.47 Å².